The molecule has 1 aromatic rings. The van der Waals surface area contributed by atoms with E-state index in [1.165, 1.54) is 6.20 Å². The fourth-order valence-electron chi connectivity index (χ4n) is 0.742. The Kier molecular flexibility index (Phi) is 2.19. The quantitative estimate of drug-likeness (QED) is 0.651. The molecule has 1 heterocycles. The summed E-state index contributed by atoms with van der Waals surface area (Å²) in [4.78, 5) is 14.1. The van der Waals surface area contributed by atoms with Gasteiger partial charge < -0.3 is 9.67 Å². The molecule has 0 atom stereocenters. The topological polar surface area (TPSA) is 55.1 Å². The summed E-state index contributed by atoms with van der Waals surface area (Å²) in [5.41, 5.74) is 0.0388. The van der Waals surface area contributed by atoms with Crippen LogP contribution in [0.15, 0.2) is 11.4 Å². The van der Waals surface area contributed by atoms with Crippen LogP contribution in [0.1, 0.15) is 17.4 Å². The Morgan fingerprint density at radius 2 is 2.55 bits per heavy atom. The lowest BCUT2D eigenvalue weighted by molar-refractivity contribution is 0.0690. The lowest BCUT2D eigenvalue weighted by atomic mass is 10.5. The molecule has 0 bridgehead atoms. The van der Waals surface area contributed by atoms with E-state index < -0.39 is 5.97 Å². The summed E-state index contributed by atoms with van der Waals surface area (Å²) in [6, 6.07) is 0. The molecule has 0 unspecified atom stereocenters. The number of carboxylic acids is 1. The van der Waals surface area contributed by atoms with Crippen molar-refractivity contribution in [3.8, 4) is 0 Å². The summed E-state index contributed by atoms with van der Waals surface area (Å²) in [6.45, 7) is 2.58. The second-order valence-corrected chi connectivity index (χ2v) is 2.42. The van der Waals surface area contributed by atoms with Crippen molar-refractivity contribution in [3.63, 3.8) is 0 Å². The molecular formula is C6H8N2O2S. The van der Waals surface area contributed by atoms with E-state index >= 15 is 0 Å². The lowest BCUT2D eigenvalue weighted by Gasteiger charge is -1.94. The Labute approximate surface area is 69.3 Å². The highest BCUT2D eigenvalue weighted by Crippen LogP contribution is 2.06. The molecule has 4 nitrogen and oxygen atoms in total. The molecule has 11 heavy (non-hydrogen) atoms. The van der Waals surface area contributed by atoms with Gasteiger partial charge in [0, 0.05) is 12.7 Å². The smallest absolute Gasteiger partial charge is 0.356 e. The van der Waals surface area contributed by atoms with Gasteiger partial charge in [-0.15, -0.1) is 12.6 Å². The van der Waals surface area contributed by atoms with Crippen molar-refractivity contribution < 1.29 is 9.90 Å². The zero-order valence-corrected chi connectivity index (χ0v) is 6.88. The molecule has 0 aromatic carbocycles. The van der Waals surface area contributed by atoms with Gasteiger partial charge in [-0.05, 0) is 6.92 Å². The van der Waals surface area contributed by atoms with Gasteiger partial charge in [0.15, 0.2) is 10.9 Å². The molecule has 0 amide bonds. The third kappa shape index (κ3) is 1.54. The summed E-state index contributed by atoms with van der Waals surface area (Å²) >= 11 is 3.98. The van der Waals surface area contributed by atoms with E-state index in [9.17, 15) is 4.79 Å². The lowest BCUT2D eigenvalue weighted by Crippen LogP contribution is -1.95. The highest BCUT2D eigenvalue weighted by atomic mass is 32.1. The Balaban J connectivity index is 3.05. The van der Waals surface area contributed by atoms with Crippen molar-refractivity contribution in [2.45, 2.75) is 18.6 Å². The normalized spacial score (nSPS) is 10.0. The Bertz CT molecular complexity index is 282. The summed E-state index contributed by atoms with van der Waals surface area (Å²) in [6.07, 6.45) is 1.46. The standard InChI is InChI=1S/C6H8N2O2S/c1-2-8-3-4(5(9)10)7-6(8)11/h3H,2H2,1H3,(H,7,11)(H,9,10). The Morgan fingerprint density at radius 3 is 2.82 bits per heavy atom. The van der Waals surface area contributed by atoms with Crippen molar-refractivity contribution in [2.75, 3.05) is 0 Å². The van der Waals surface area contributed by atoms with Crippen LogP contribution in [0.5, 0.6) is 0 Å². The van der Waals surface area contributed by atoms with E-state index in [0.717, 1.165) is 0 Å². The number of hydrogen-bond acceptors (Lipinski definition) is 3. The van der Waals surface area contributed by atoms with Crippen LogP contribution in [0, 0.1) is 0 Å². The van der Waals surface area contributed by atoms with Crippen LogP contribution < -0.4 is 0 Å². The molecular weight excluding hydrogens is 164 g/mol. The SMILES string of the molecule is CCn1cc(C(=O)O)nc1S. The molecule has 0 aliphatic heterocycles. The van der Waals surface area contributed by atoms with Crippen LogP contribution in [0.2, 0.25) is 0 Å². The van der Waals surface area contributed by atoms with Crippen LogP contribution in [0.3, 0.4) is 0 Å². The molecule has 1 rings (SSSR count). The monoisotopic (exact) mass is 172 g/mol. The second-order valence-electron chi connectivity index (χ2n) is 2.02. The first-order valence-corrected chi connectivity index (χ1v) is 3.59. The molecule has 0 fully saturated rings. The van der Waals surface area contributed by atoms with Gasteiger partial charge in [0.1, 0.15) is 0 Å². The maximum Gasteiger partial charge on any atom is 0.356 e. The van der Waals surface area contributed by atoms with Gasteiger partial charge >= 0.3 is 5.97 Å². The van der Waals surface area contributed by atoms with Crippen LogP contribution in [-0.2, 0) is 6.54 Å². The zero-order chi connectivity index (χ0) is 8.43. The molecule has 0 radical (unpaired) electrons. The van der Waals surface area contributed by atoms with E-state index in [0.29, 0.717) is 11.7 Å². The Hall–Kier alpha value is -0.970. The van der Waals surface area contributed by atoms with Gasteiger partial charge in [-0.1, -0.05) is 0 Å². The van der Waals surface area contributed by atoms with E-state index in [-0.39, 0.29) is 5.69 Å². The maximum absolute atomic E-state index is 10.4. The van der Waals surface area contributed by atoms with Gasteiger partial charge in [0.2, 0.25) is 0 Å². The number of aryl methyl sites for hydroxylation is 1. The van der Waals surface area contributed by atoms with Gasteiger partial charge in [-0.2, -0.15) is 0 Å². The van der Waals surface area contributed by atoms with Crippen molar-refractivity contribution in [3.05, 3.63) is 11.9 Å². The first kappa shape index (κ1) is 8.13. The van der Waals surface area contributed by atoms with Gasteiger partial charge in [0.25, 0.3) is 0 Å². The van der Waals surface area contributed by atoms with Crippen molar-refractivity contribution >= 4 is 18.6 Å². The van der Waals surface area contributed by atoms with Crippen molar-refractivity contribution in [1.82, 2.24) is 9.55 Å². The third-order valence-electron chi connectivity index (χ3n) is 1.32. The van der Waals surface area contributed by atoms with Crippen LogP contribution in [0.25, 0.3) is 0 Å². The van der Waals surface area contributed by atoms with Gasteiger partial charge in [-0.3, -0.25) is 0 Å². The number of rotatable bonds is 2. The molecule has 0 aliphatic carbocycles. The number of aromatic nitrogens is 2. The van der Waals surface area contributed by atoms with E-state index in [1.807, 2.05) is 6.92 Å². The third-order valence-corrected chi connectivity index (χ3v) is 1.67. The fraction of sp³-hybridized carbons (Fsp3) is 0.333. The van der Waals surface area contributed by atoms with Crippen LogP contribution in [-0.4, -0.2) is 20.6 Å². The predicted octanol–water partition coefficient (Wildman–Crippen LogP) is 0.890. The maximum atomic E-state index is 10.4. The average Bonchev–Trinajstić information content (AvgIpc) is 2.31. The summed E-state index contributed by atoms with van der Waals surface area (Å²) < 4.78 is 1.66. The van der Waals surface area contributed by atoms with Crippen LogP contribution >= 0.6 is 12.6 Å². The molecule has 60 valence electrons. The summed E-state index contributed by atoms with van der Waals surface area (Å²) in [5, 5.41) is 8.94. The first-order valence-electron chi connectivity index (χ1n) is 3.14. The number of carboxylic acid groups (broad SMARTS) is 1. The highest BCUT2D eigenvalue weighted by Gasteiger charge is 2.08. The minimum absolute atomic E-state index is 0.0388. The first-order chi connectivity index (χ1) is 5.15. The number of imidazole rings is 1. The predicted molar refractivity (Wildman–Crippen MR) is 42.1 cm³/mol. The summed E-state index contributed by atoms with van der Waals surface area (Å²) in [7, 11) is 0. The number of hydrogen-bond donors (Lipinski definition) is 2. The van der Waals surface area contributed by atoms with E-state index in [4.69, 9.17) is 5.11 Å². The molecule has 0 saturated carbocycles. The van der Waals surface area contributed by atoms with Crippen molar-refractivity contribution in [2.24, 2.45) is 0 Å². The zero-order valence-electron chi connectivity index (χ0n) is 5.98. The van der Waals surface area contributed by atoms with Crippen molar-refractivity contribution in [1.29, 1.82) is 0 Å². The summed E-state index contributed by atoms with van der Waals surface area (Å²) in [5.74, 6) is -1.02. The molecule has 5 heteroatoms. The van der Waals surface area contributed by atoms with E-state index in [1.54, 1.807) is 4.57 Å². The number of aromatic carboxylic acids is 1. The number of carbonyl (C=O) groups is 1. The molecule has 1 aromatic heterocycles. The number of nitrogens with zero attached hydrogens (tertiary/aromatic N) is 2. The van der Waals surface area contributed by atoms with Crippen LogP contribution in [0.4, 0.5) is 0 Å². The minimum Gasteiger partial charge on any atom is -0.476 e. The van der Waals surface area contributed by atoms with E-state index in [2.05, 4.69) is 17.6 Å². The molecule has 0 aliphatic rings. The largest absolute Gasteiger partial charge is 0.476 e. The fourth-order valence-corrected chi connectivity index (χ4v) is 1.05. The molecule has 0 saturated heterocycles. The Morgan fingerprint density at radius 1 is 1.91 bits per heavy atom. The molecule has 1 N–H and O–H groups in total. The average molecular weight is 172 g/mol. The number of thiol groups is 1. The molecule has 0 spiro atoms. The van der Waals surface area contributed by atoms with Gasteiger partial charge in [-0.25, -0.2) is 9.78 Å². The van der Waals surface area contributed by atoms with Gasteiger partial charge in [0.05, 0.1) is 0 Å². The second kappa shape index (κ2) is 2.96. The minimum atomic E-state index is -1.02. The highest BCUT2D eigenvalue weighted by molar-refractivity contribution is 7.80.